The molecule has 2 aromatic rings. The largest absolute Gasteiger partial charge is 0.488 e. The number of ether oxygens (including phenoxy) is 1. The van der Waals surface area contributed by atoms with Crippen molar-refractivity contribution in [1.82, 2.24) is 4.90 Å². The van der Waals surface area contributed by atoms with Crippen LogP contribution in [-0.2, 0) is 6.61 Å². The normalized spacial score (nSPS) is 12.3. The summed E-state index contributed by atoms with van der Waals surface area (Å²) in [5.41, 5.74) is 5.08. The van der Waals surface area contributed by atoms with Crippen LogP contribution in [0, 0.1) is 6.92 Å². The van der Waals surface area contributed by atoms with E-state index in [9.17, 15) is 0 Å². The maximum atomic E-state index is 6.23. The average molecular weight is 366 g/mol. The molecule has 0 heterocycles. The van der Waals surface area contributed by atoms with Gasteiger partial charge in [-0.05, 0) is 70.7 Å². The van der Waals surface area contributed by atoms with Gasteiger partial charge in [0.2, 0.25) is 0 Å². The first-order chi connectivity index (χ1) is 12.9. The summed E-state index contributed by atoms with van der Waals surface area (Å²) in [5.74, 6) is 0.979. The topological polar surface area (TPSA) is 12.5 Å². The van der Waals surface area contributed by atoms with E-state index in [2.05, 4.69) is 95.0 Å². The van der Waals surface area contributed by atoms with Crippen molar-refractivity contribution in [3.05, 3.63) is 71.3 Å². The molecule has 2 nitrogen and oxygen atoms in total. The monoisotopic (exact) mass is 365 g/mol. The van der Waals surface area contributed by atoms with E-state index in [-0.39, 0.29) is 0 Å². The number of rotatable bonds is 9. The van der Waals surface area contributed by atoms with Crippen LogP contribution >= 0.6 is 0 Å². The van der Waals surface area contributed by atoms with Crippen LogP contribution in [0.2, 0.25) is 0 Å². The fourth-order valence-corrected chi connectivity index (χ4v) is 3.68. The van der Waals surface area contributed by atoms with Gasteiger partial charge in [0.1, 0.15) is 12.4 Å². The quantitative estimate of drug-likeness (QED) is 0.504. The molecular weight excluding hydrogens is 330 g/mol. The van der Waals surface area contributed by atoms with Crippen molar-refractivity contribution in [3.63, 3.8) is 0 Å². The lowest BCUT2D eigenvalue weighted by atomic mass is 9.96. The Kier molecular flexibility index (Phi) is 8.12. The van der Waals surface area contributed by atoms with Crippen LogP contribution in [-0.4, -0.2) is 23.5 Å². The van der Waals surface area contributed by atoms with Crippen molar-refractivity contribution < 1.29 is 4.74 Å². The lowest BCUT2D eigenvalue weighted by molar-refractivity contribution is 0.179. The van der Waals surface area contributed by atoms with Crippen molar-refractivity contribution in [3.8, 4) is 5.75 Å². The fraction of sp³-hybridized carbons (Fsp3) is 0.440. The Bertz CT molecular complexity index is 723. The van der Waals surface area contributed by atoms with E-state index >= 15 is 0 Å². The van der Waals surface area contributed by atoms with E-state index in [0.717, 1.165) is 18.7 Å². The van der Waals surface area contributed by atoms with Gasteiger partial charge in [-0.15, -0.1) is 0 Å². The number of hydrogen-bond donors (Lipinski definition) is 0. The summed E-state index contributed by atoms with van der Waals surface area (Å²) < 4.78 is 6.23. The highest BCUT2D eigenvalue weighted by atomic mass is 16.5. The number of nitrogens with zero attached hydrogens (tertiary/aromatic N) is 1. The highest BCUT2D eigenvalue weighted by Crippen LogP contribution is 2.32. The van der Waals surface area contributed by atoms with Crippen LogP contribution in [0.15, 0.2) is 54.6 Å². The predicted molar refractivity (Wildman–Crippen MR) is 117 cm³/mol. The summed E-state index contributed by atoms with van der Waals surface area (Å²) in [6.45, 7) is 15.1. The molecule has 27 heavy (non-hydrogen) atoms. The maximum Gasteiger partial charge on any atom is 0.127 e. The lowest BCUT2D eigenvalue weighted by Gasteiger charge is -2.31. The third-order valence-corrected chi connectivity index (χ3v) is 5.11. The van der Waals surface area contributed by atoms with Crippen molar-refractivity contribution in [2.45, 2.75) is 66.7 Å². The molecule has 0 amide bonds. The molecule has 0 fully saturated rings. The molecule has 0 aliphatic rings. The van der Waals surface area contributed by atoms with Gasteiger partial charge in [0.05, 0.1) is 0 Å². The Hall–Kier alpha value is -2.06. The molecule has 2 aromatic carbocycles. The summed E-state index contributed by atoms with van der Waals surface area (Å²) in [6.07, 6.45) is 3.27. The highest BCUT2D eigenvalue weighted by Gasteiger charge is 2.16. The zero-order valence-electron chi connectivity index (χ0n) is 17.8. The molecule has 0 saturated carbocycles. The molecule has 0 aromatic heterocycles. The molecule has 0 radical (unpaired) electrons. The summed E-state index contributed by atoms with van der Waals surface area (Å²) in [5, 5.41) is 0. The third-order valence-electron chi connectivity index (χ3n) is 5.11. The maximum absolute atomic E-state index is 6.23. The fourth-order valence-electron chi connectivity index (χ4n) is 3.68. The van der Waals surface area contributed by atoms with E-state index in [0.29, 0.717) is 18.7 Å². The van der Waals surface area contributed by atoms with Crippen LogP contribution in [0.5, 0.6) is 5.75 Å². The molecule has 0 atom stereocenters. The van der Waals surface area contributed by atoms with E-state index in [1.54, 1.807) is 0 Å². The van der Waals surface area contributed by atoms with Crippen molar-refractivity contribution in [1.29, 1.82) is 0 Å². The Morgan fingerprint density at radius 2 is 1.63 bits per heavy atom. The van der Waals surface area contributed by atoms with Gasteiger partial charge in [0.25, 0.3) is 0 Å². The smallest absolute Gasteiger partial charge is 0.127 e. The van der Waals surface area contributed by atoms with Gasteiger partial charge in [-0.2, -0.15) is 0 Å². The third kappa shape index (κ3) is 5.97. The van der Waals surface area contributed by atoms with Crippen molar-refractivity contribution in [2.75, 3.05) is 6.54 Å². The van der Waals surface area contributed by atoms with E-state index in [1.807, 2.05) is 6.07 Å². The molecule has 0 unspecified atom stereocenters. The van der Waals surface area contributed by atoms with Crippen LogP contribution in [0.25, 0.3) is 5.57 Å². The first-order valence-corrected chi connectivity index (χ1v) is 10.1. The van der Waals surface area contributed by atoms with E-state index < -0.39 is 0 Å². The highest BCUT2D eigenvalue weighted by molar-refractivity contribution is 5.73. The molecule has 0 spiro atoms. The Morgan fingerprint density at radius 3 is 2.22 bits per heavy atom. The minimum atomic E-state index is 0.550. The molecule has 2 rings (SSSR count). The first-order valence-electron chi connectivity index (χ1n) is 10.1. The van der Waals surface area contributed by atoms with Crippen LogP contribution in [0.1, 0.15) is 57.7 Å². The zero-order chi connectivity index (χ0) is 19.8. The SMILES string of the molecule is C/C=C(/CCN(C(C)C)C(C)C)c1c(C)cccc1OCc1ccccc1. The predicted octanol–water partition coefficient (Wildman–Crippen LogP) is 6.49. The van der Waals surface area contributed by atoms with Gasteiger partial charge in [-0.3, -0.25) is 4.90 Å². The van der Waals surface area contributed by atoms with Gasteiger partial charge < -0.3 is 4.74 Å². The Morgan fingerprint density at radius 1 is 0.963 bits per heavy atom. The molecule has 0 saturated heterocycles. The van der Waals surface area contributed by atoms with Gasteiger partial charge >= 0.3 is 0 Å². The molecule has 146 valence electrons. The Labute approximate surface area is 165 Å². The number of allylic oxidation sites excluding steroid dienone is 1. The second-order valence-corrected chi connectivity index (χ2v) is 7.71. The number of aryl methyl sites for hydroxylation is 1. The second kappa shape index (κ2) is 10.3. The number of hydrogen-bond acceptors (Lipinski definition) is 2. The minimum absolute atomic E-state index is 0.550. The van der Waals surface area contributed by atoms with Gasteiger partial charge in [-0.25, -0.2) is 0 Å². The van der Waals surface area contributed by atoms with Gasteiger partial charge in [0.15, 0.2) is 0 Å². The standard InChI is InChI=1S/C25H35NO/c1-7-23(16-17-26(19(2)3)20(4)5)25-21(6)12-11-15-24(25)27-18-22-13-9-8-10-14-22/h7-15,19-20H,16-18H2,1-6H3/b23-7-. The molecule has 0 bridgehead atoms. The Balaban J connectivity index is 2.19. The summed E-state index contributed by atoms with van der Waals surface area (Å²) in [7, 11) is 0. The summed E-state index contributed by atoms with van der Waals surface area (Å²) >= 11 is 0. The number of benzene rings is 2. The van der Waals surface area contributed by atoms with Crippen molar-refractivity contribution >= 4 is 5.57 Å². The molecule has 2 heteroatoms. The summed E-state index contributed by atoms with van der Waals surface area (Å²) in [6, 6.07) is 17.8. The van der Waals surface area contributed by atoms with E-state index in [1.165, 1.54) is 22.3 Å². The lowest BCUT2D eigenvalue weighted by Crippen LogP contribution is -2.37. The van der Waals surface area contributed by atoms with E-state index in [4.69, 9.17) is 4.74 Å². The summed E-state index contributed by atoms with van der Waals surface area (Å²) in [4.78, 5) is 2.55. The van der Waals surface area contributed by atoms with Crippen LogP contribution in [0.3, 0.4) is 0 Å². The molecule has 0 N–H and O–H groups in total. The van der Waals surface area contributed by atoms with Crippen LogP contribution in [0.4, 0.5) is 0 Å². The minimum Gasteiger partial charge on any atom is -0.488 e. The van der Waals surface area contributed by atoms with Gasteiger partial charge in [-0.1, -0.05) is 48.5 Å². The first kappa shape index (κ1) is 21.2. The van der Waals surface area contributed by atoms with Crippen molar-refractivity contribution in [2.24, 2.45) is 0 Å². The average Bonchev–Trinajstić information content (AvgIpc) is 2.64. The van der Waals surface area contributed by atoms with Crippen LogP contribution < -0.4 is 4.74 Å². The molecule has 0 aliphatic carbocycles. The second-order valence-electron chi connectivity index (χ2n) is 7.71. The van der Waals surface area contributed by atoms with Gasteiger partial charge in [0, 0.05) is 24.2 Å². The molecular formula is C25H35NO. The zero-order valence-corrected chi connectivity index (χ0v) is 17.8. The molecule has 0 aliphatic heterocycles.